The molecule has 2 aliphatic carbocycles. The second-order valence-electron chi connectivity index (χ2n) is 8.82. The van der Waals surface area contributed by atoms with E-state index in [4.69, 9.17) is 9.47 Å². The number of fused-ring (bicyclic) bond motifs is 1. The van der Waals surface area contributed by atoms with Crippen molar-refractivity contribution in [1.29, 1.82) is 0 Å². The van der Waals surface area contributed by atoms with Crippen LogP contribution in [-0.2, 0) is 27.1 Å². The molecule has 0 saturated heterocycles. The molecule has 0 unspecified atom stereocenters. The minimum atomic E-state index is -0.570. The van der Waals surface area contributed by atoms with Gasteiger partial charge in [0.05, 0.1) is 12.2 Å². The van der Waals surface area contributed by atoms with Crippen molar-refractivity contribution in [3.8, 4) is 0 Å². The summed E-state index contributed by atoms with van der Waals surface area (Å²) in [6, 6.07) is -0.132. The summed E-state index contributed by atoms with van der Waals surface area (Å²) in [4.78, 5) is 38.3. The van der Waals surface area contributed by atoms with Gasteiger partial charge in [0.25, 0.3) is 0 Å². The third-order valence-corrected chi connectivity index (χ3v) is 6.35. The molecular weight excluding hydrogens is 392 g/mol. The van der Waals surface area contributed by atoms with Gasteiger partial charge in [-0.05, 0) is 64.9 Å². The summed E-state index contributed by atoms with van der Waals surface area (Å²) in [6.07, 6.45) is 2.41. The molecule has 2 amide bonds. The van der Waals surface area contributed by atoms with Crippen molar-refractivity contribution in [3.05, 3.63) is 16.0 Å². The number of hydrogen-bond donors (Lipinski definition) is 2. The highest BCUT2D eigenvalue weighted by atomic mass is 32.1. The maximum absolute atomic E-state index is 12.7. The number of hydrogen-bond acceptors (Lipinski definition) is 6. The first-order valence-corrected chi connectivity index (χ1v) is 11.0. The van der Waals surface area contributed by atoms with Crippen molar-refractivity contribution in [2.24, 2.45) is 11.8 Å². The zero-order valence-corrected chi connectivity index (χ0v) is 18.5. The fraction of sp³-hybridized carbons (Fsp3) is 0.667. The van der Waals surface area contributed by atoms with E-state index in [0.29, 0.717) is 22.9 Å². The van der Waals surface area contributed by atoms with Crippen LogP contribution in [0.1, 0.15) is 68.3 Å². The topological polar surface area (TPSA) is 93.7 Å². The number of amides is 2. The van der Waals surface area contributed by atoms with E-state index < -0.39 is 17.7 Å². The highest BCUT2D eigenvalue weighted by Gasteiger charge is 2.40. The Kier molecular flexibility index (Phi) is 6.22. The molecule has 7 nitrogen and oxygen atoms in total. The SMILES string of the molecule is CCOC(=O)c1c(NC(=O)[C@H]2C[C@@H]2C)sc2c1C[C@@H](NC(=O)OC(C)(C)C)CC2. The van der Waals surface area contributed by atoms with E-state index in [9.17, 15) is 14.4 Å². The molecule has 0 radical (unpaired) electrons. The average molecular weight is 423 g/mol. The molecule has 1 aromatic rings. The zero-order valence-electron chi connectivity index (χ0n) is 17.7. The minimum absolute atomic E-state index is 0.0192. The standard InChI is InChI=1S/C21H30N2O5S/c1-6-27-19(25)16-14-10-12(22-20(26)28-21(3,4)5)7-8-15(14)29-18(16)23-17(24)13-9-11(13)2/h11-13H,6-10H2,1-5H3,(H,22,26)(H,23,24)/t11-,12-,13-/m0/s1. The Balaban J connectivity index is 1.79. The van der Waals surface area contributed by atoms with E-state index in [1.165, 1.54) is 11.3 Å². The van der Waals surface area contributed by atoms with Crippen LogP contribution in [-0.4, -0.2) is 36.2 Å². The number of aryl methyl sites for hydroxylation is 1. The monoisotopic (exact) mass is 422 g/mol. The summed E-state index contributed by atoms with van der Waals surface area (Å²) in [5.41, 5.74) is 0.726. The number of anilines is 1. The van der Waals surface area contributed by atoms with Gasteiger partial charge < -0.3 is 20.1 Å². The molecule has 1 saturated carbocycles. The second kappa shape index (κ2) is 8.34. The molecule has 3 rings (SSSR count). The van der Waals surface area contributed by atoms with Gasteiger partial charge in [-0.25, -0.2) is 9.59 Å². The van der Waals surface area contributed by atoms with Crippen molar-refractivity contribution >= 4 is 34.3 Å². The van der Waals surface area contributed by atoms with Crippen LogP contribution in [0, 0.1) is 11.8 Å². The molecule has 0 bridgehead atoms. The molecule has 160 valence electrons. The van der Waals surface area contributed by atoms with Gasteiger partial charge in [0.1, 0.15) is 10.6 Å². The van der Waals surface area contributed by atoms with Gasteiger partial charge in [-0.15, -0.1) is 11.3 Å². The molecule has 0 aliphatic heterocycles. The van der Waals surface area contributed by atoms with Gasteiger partial charge in [0.2, 0.25) is 5.91 Å². The summed E-state index contributed by atoms with van der Waals surface area (Å²) < 4.78 is 10.6. The Morgan fingerprint density at radius 1 is 1.24 bits per heavy atom. The number of ether oxygens (including phenoxy) is 2. The Labute approximate surface area is 175 Å². The van der Waals surface area contributed by atoms with Crippen molar-refractivity contribution in [3.63, 3.8) is 0 Å². The van der Waals surface area contributed by atoms with E-state index in [2.05, 4.69) is 10.6 Å². The van der Waals surface area contributed by atoms with Crippen LogP contribution in [0.25, 0.3) is 0 Å². The van der Waals surface area contributed by atoms with Crippen LogP contribution in [0.5, 0.6) is 0 Å². The first-order valence-electron chi connectivity index (χ1n) is 10.2. The largest absolute Gasteiger partial charge is 0.462 e. The van der Waals surface area contributed by atoms with Gasteiger partial charge >= 0.3 is 12.1 Å². The molecule has 1 aromatic heterocycles. The Bertz CT molecular complexity index is 811. The van der Waals surface area contributed by atoms with E-state index in [-0.39, 0.29) is 24.5 Å². The van der Waals surface area contributed by atoms with E-state index >= 15 is 0 Å². The maximum atomic E-state index is 12.7. The fourth-order valence-electron chi connectivity index (χ4n) is 3.58. The summed E-state index contributed by atoms with van der Waals surface area (Å²) in [7, 11) is 0. The molecule has 2 N–H and O–H groups in total. The lowest BCUT2D eigenvalue weighted by atomic mass is 9.91. The zero-order chi connectivity index (χ0) is 21.3. The predicted molar refractivity (Wildman–Crippen MR) is 111 cm³/mol. The summed E-state index contributed by atoms with van der Waals surface area (Å²) in [6.45, 7) is 9.52. The van der Waals surface area contributed by atoms with E-state index in [1.54, 1.807) is 6.92 Å². The van der Waals surface area contributed by atoms with Crippen molar-refractivity contribution < 1.29 is 23.9 Å². The maximum Gasteiger partial charge on any atom is 0.407 e. The normalized spacial score (nSPS) is 23.0. The molecule has 1 heterocycles. The fourth-order valence-corrected chi connectivity index (χ4v) is 4.82. The third kappa shape index (κ3) is 5.29. The molecule has 8 heteroatoms. The number of thiophene rings is 1. The van der Waals surface area contributed by atoms with Gasteiger partial charge in [-0.3, -0.25) is 4.79 Å². The van der Waals surface area contributed by atoms with Crippen molar-refractivity contribution in [2.45, 2.75) is 71.9 Å². The predicted octanol–water partition coefficient (Wildman–Crippen LogP) is 3.90. The van der Waals surface area contributed by atoms with Crippen LogP contribution in [0.4, 0.5) is 9.80 Å². The lowest BCUT2D eigenvalue weighted by Crippen LogP contribution is -2.41. The van der Waals surface area contributed by atoms with Crippen LogP contribution in [0.15, 0.2) is 0 Å². The number of alkyl carbamates (subject to hydrolysis) is 1. The highest BCUT2D eigenvalue weighted by Crippen LogP contribution is 2.42. The van der Waals surface area contributed by atoms with Crippen LogP contribution < -0.4 is 10.6 Å². The van der Waals surface area contributed by atoms with Gasteiger partial charge in [-0.2, -0.15) is 0 Å². The number of nitrogens with one attached hydrogen (secondary N) is 2. The molecular formula is C21H30N2O5S. The third-order valence-electron chi connectivity index (χ3n) is 5.14. The number of rotatable bonds is 5. The summed E-state index contributed by atoms with van der Waals surface area (Å²) >= 11 is 1.45. The lowest BCUT2D eigenvalue weighted by Gasteiger charge is -2.26. The van der Waals surface area contributed by atoms with Crippen LogP contribution in [0.3, 0.4) is 0 Å². The first kappa shape index (κ1) is 21.6. The average Bonchev–Trinajstić information content (AvgIpc) is 3.22. The van der Waals surface area contributed by atoms with Crippen LogP contribution >= 0.6 is 11.3 Å². The molecule has 3 atom stereocenters. The summed E-state index contributed by atoms with van der Waals surface area (Å²) in [5, 5.41) is 6.42. The van der Waals surface area contributed by atoms with Crippen LogP contribution in [0.2, 0.25) is 0 Å². The highest BCUT2D eigenvalue weighted by molar-refractivity contribution is 7.17. The number of esters is 1. The van der Waals surface area contributed by atoms with Crippen molar-refractivity contribution in [1.82, 2.24) is 5.32 Å². The van der Waals surface area contributed by atoms with Gasteiger partial charge in [0.15, 0.2) is 0 Å². The minimum Gasteiger partial charge on any atom is -0.462 e. The first-order chi connectivity index (χ1) is 13.6. The number of carbonyl (C=O) groups excluding carboxylic acids is 3. The lowest BCUT2D eigenvalue weighted by molar-refractivity contribution is -0.117. The Morgan fingerprint density at radius 2 is 1.93 bits per heavy atom. The molecule has 1 fully saturated rings. The van der Waals surface area contributed by atoms with Crippen molar-refractivity contribution in [2.75, 3.05) is 11.9 Å². The van der Waals surface area contributed by atoms with E-state index in [1.807, 2.05) is 27.7 Å². The smallest absolute Gasteiger partial charge is 0.407 e. The Morgan fingerprint density at radius 3 is 2.52 bits per heavy atom. The quantitative estimate of drug-likeness (QED) is 0.702. The van der Waals surface area contributed by atoms with Gasteiger partial charge in [0, 0.05) is 16.8 Å². The molecule has 29 heavy (non-hydrogen) atoms. The number of carbonyl (C=O) groups is 3. The Hall–Kier alpha value is -2.09. The van der Waals surface area contributed by atoms with Gasteiger partial charge in [-0.1, -0.05) is 6.92 Å². The molecule has 0 spiro atoms. The molecule has 0 aromatic carbocycles. The molecule has 2 aliphatic rings. The van der Waals surface area contributed by atoms with E-state index in [0.717, 1.165) is 29.7 Å². The summed E-state index contributed by atoms with van der Waals surface area (Å²) in [5.74, 6) is -0.0593. The second-order valence-corrected chi connectivity index (χ2v) is 9.93.